The summed E-state index contributed by atoms with van der Waals surface area (Å²) in [4.78, 5) is 20.3. The number of nitrogens with zero attached hydrogens (tertiary/aromatic N) is 2. The molecule has 0 bridgehead atoms. The zero-order valence-electron chi connectivity index (χ0n) is 5.81. The van der Waals surface area contributed by atoms with Crippen molar-refractivity contribution in [2.24, 2.45) is 12.2 Å². The highest BCUT2D eigenvalue weighted by molar-refractivity contribution is 5.87. The number of hydrogen-bond acceptors (Lipinski definition) is 3. The Morgan fingerprint density at radius 1 is 1.73 bits per heavy atom. The van der Waals surface area contributed by atoms with Crippen LogP contribution in [-0.2, 0) is 7.05 Å². The second-order valence-corrected chi connectivity index (χ2v) is 2.09. The van der Waals surface area contributed by atoms with Crippen LogP contribution in [0.25, 0.3) is 0 Å². The quantitative estimate of drug-likeness (QED) is 0.648. The number of carboxylic acid groups (broad SMARTS) is 1. The molecule has 0 aromatic carbocycles. The van der Waals surface area contributed by atoms with Crippen molar-refractivity contribution in [3.8, 4) is 0 Å². The smallest absolute Gasteiger partial charge is 0.352 e. The molecule has 0 aliphatic heterocycles. The molecular formula is C6H6N2O3. The maximum atomic E-state index is 10.4. The van der Waals surface area contributed by atoms with E-state index < -0.39 is 5.97 Å². The van der Waals surface area contributed by atoms with Gasteiger partial charge in [0.15, 0.2) is 0 Å². The van der Waals surface area contributed by atoms with Crippen molar-refractivity contribution in [3.05, 3.63) is 22.9 Å². The summed E-state index contributed by atoms with van der Waals surface area (Å²) in [5.74, 6) is -1.07. The molecule has 0 aliphatic carbocycles. The maximum absolute atomic E-state index is 10.4. The van der Waals surface area contributed by atoms with Crippen LogP contribution in [0.5, 0.6) is 0 Å². The third kappa shape index (κ3) is 1.26. The summed E-state index contributed by atoms with van der Waals surface area (Å²) in [7, 11) is 1.54. The monoisotopic (exact) mass is 154 g/mol. The van der Waals surface area contributed by atoms with E-state index in [1.54, 1.807) is 0 Å². The van der Waals surface area contributed by atoms with Gasteiger partial charge in [0.25, 0.3) is 0 Å². The molecule has 1 aromatic rings. The number of nitroso groups, excluding NO2 is 1. The van der Waals surface area contributed by atoms with Crippen LogP contribution < -0.4 is 0 Å². The molecule has 1 rings (SSSR count). The highest BCUT2D eigenvalue weighted by atomic mass is 16.4. The molecular weight excluding hydrogens is 148 g/mol. The maximum Gasteiger partial charge on any atom is 0.352 e. The number of rotatable bonds is 2. The molecule has 1 aromatic heterocycles. The highest BCUT2D eigenvalue weighted by Gasteiger charge is 2.09. The van der Waals surface area contributed by atoms with E-state index in [0.717, 1.165) is 0 Å². The van der Waals surface area contributed by atoms with Gasteiger partial charge in [0.2, 0.25) is 0 Å². The van der Waals surface area contributed by atoms with Crippen LogP contribution in [0, 0.1) is 4.91 Å². The summed E-state index contributed by atoms with van der Waals surface area (Å²) in [6, 6.07) is 1.22. The van der Waals surface area contributed by atoms with Gasteiger partial charge in [-0.25, -0.2) is 4.79 Å². The Morgan fingerprint density at radius 2 is 2.36 bits per heavy atom. The van der Waals surface area contributed by atoms with Crippen LogP contribution in [0.15, 0.2) is 17.4 Å². The van der Waals surface area contributed by atoms with E-state index in [2.05, 4.69) is 5.18 Å². The number of hydrogen-bond donors (Lipinski definition) is 1. The summed E-state index contributed by atoms with van der Waals surface area (Å²) in [5, 5.41) is 11.1. The Morgan fingerprint density at radius 3 is 2.64 bits per heavy atom. The van der Waals surface area contributed by atoms with Crippen molar-refractivity contribution in [1.82, 2.24) is 4.57 Å². The number of aromatic carboxylic acids is 1. The molecule has 0 amide bonds. The van der Waals surface area contributed by atoms with Crippen LogP contribution in [0.3, 0.4) is 0 Å². The van der Waals surface area contributed by atoms with Gasteiger partial charge in [-0.1, -0.05) is 0 Å². The molecule has 0 saturated heterocycles. The van der Waals surface area contributed by atoms with E-state index in [0.29, 0.717) is 0 Å². The van der Waals surface area contributed by atoms with Crippen molar-refractivity contribution in [3.63, 3.8) is 0 Å². The third-order valence-electron chi connectivity index (χ3n) is 1.32. The molecule has 0 radical (unpaired) electrons. The second-order valence-electron chi connectivity index (χ2n) is 2.09. The molecule has 58 valence electrons. The molecule has 1 heterocycles. The first kappa shape index (κ1) is 7.46. The summed E-state index contributed by atoms with van der Waals surface area (Å²) >= 11 is 0. The van der Waals surface area contributed by atoms with Crippen molar-refractivity contribution < 1.29 is 9.90 Å². The third-order valence-corrected chi connectivity index (χ3v) is 1.32. The minimum Gasteiger partial charge on any atom is -0.477 e. The summed E-state index contributed by atoms with van der Waals surface area (Å²) in [6.45, 7) is 0. The average molecular weight is 154 g/mol. The van der Waals surface area contributed by atoms with E-state index in [1.807, 2.05) is 0 Å². The first-order valence-electron chi connectivity index (χ1n) is 2.88. The molecule has 0 aliphatic rings. The van der Waals surface area contributed by atoms with Crippen LogP contribution >= 0.6 is 0 Å². The van der Waals surface area contributed by atoms with Gasteiger partial charge in [-0.05, 0) is 11.2 Å². The summed E-state index contributed by atoms with van der Waals surface area (Å²) in [5.41, 5.74) is 0.185. The molecule has 5 nitrogen and oxygen atoms in total. The molecule has 0 fully saturated rings. The molecule has 5 heteroatoms. The Hall–Kier alpha value is -1.65. The van der Waals surface area contributed by atoms with E-state index in [-0.39, 0.29) is 11.4 Å². The zero-order valence-corrected chi connectivity index (χ0v) is 5.81. The molecule has 11 heavy (non-hydrogen) atoms. The van der Waals surface area contributed by atoms with Crippen molar-refractivity contribution >= 4 is 11.7 Å². The van der Waals surface area contributed by atoms with Crippen LogP contribution in [0.2, 0.25) is 0 Å². The van der Waals surface area contributed by atoms with Crippen LogP contribution in [0.4, 0.5) is 5.69 Å². The van der Waals surface area contributed by atoms with Crippen molar-refractivity contribution in [2.75, 3.05) is 0 Å². The number of carboxylic acids is 1. The molecule has 0 atom stereocenters. The fourth-order valence-electron chi connectivity index (χ4n) is 0.810. The molecule has 0 saturated carbocycles. The van der Waals surface area contributed by atoms with E-state index in [4.69, 9.17) is 5.11 Å². The van der Waals surface area contributed by atoms with Gasteiger partial charge in [0, 0.05) is 13.2 Å². The second kappa shape index (κ2) is 2.53. The van der Waals surface area contributed by atoms with E-state index >= 15 is 0 Å². The Kier molecular flexibility index (Phi) is 1.72. The molecule has 1 N–H and O–H groups in total. The fourth-order valence-corrected chi connectivity index (χ4v) is 0.810. The lowest BCUT2D eigenvalue weighted by Gasteiger charge is -1.92. The average Bonchev–Trinajstić information content (AvgIpc) is 2.30. The summed E-state index contributed by atoms with van der Waals surface area (Å²) in [6.07, 6.45) is 1.36. The minimum atomic E-state index is -1.07. The zero-order chi connectivity index (χ0) is 8.43. The van der Waals surface area contributed by atoms with E-state index in [9.17, 15) is 9.70 Å². The van der Waals surface area contributed by atoms with Gasteiger partial charge in [0.05, 0.1) is 0 Å². The fraction of sp³-hybridized carbons (Fsp3) is 0.167. The van der Waals surface area contributed by atoms with Crippen LogP contribution in [-0.4, -0.2) is 15.6 Å². The lowest BCUT2D eigenvalue weighted by Crippen LogP contribution is -2.02. The van der Waals surface area contributed by atoms with Gasteiger partial charge in [-0.2, -0.15) is 0 Å². The normalized spacial score (nSPS) is 9.55. The first-order chi connectivity index (χ1) is 5.15. The number of aryl methyl sites for hydroxylation is 1. The van der Waals surface area contributed by atoms with E-state index in [1.165, 1.54) is 23.9 Å². The number of aromatic nitrogens is 1. The van der Waals surface area contributed by atoms with Gasteiger partial charge in [-0.3, -0.25) is 0 Å². The summed E-state index contributed by atoms with van der Waals surface area (Å²) < 4.78 is 1.33. The number of carbonyl (C=O) groups is 1. The Bertz CT molecular complexity index is 303. The highest BCUT2D eigenvalue weighted by Crippen LogP contribution is 2.14. The predicted molar refractivity (Wildman–Crippen MR) is 37.8 cm³/mol. The van der Waals surface area contributed by atoms with Crippen molar-refractivity contribution in [1.29, 1.82) is 0 Å². The first-order valence-corrected chi connectivity index (χ1v) is 2.88. The van der Waals surface area contributed by atoms with Crippen molar-refractivity contribution in [2.45, 2.75) is 0 Å². The Labute approximate surface area is 62.2 Å². The topological polar surface area (TPSA) is 71.7 Å². The lowest BCUT2D eigenvalue weighted by molar-refractivity contribution is 0.0686. The predicted octanol–water partition coefficient (Wildman–Crippen LogP) is 1.12. The van der Waals surface area contributed by atoms with Crippen LogP contribution in [0.1, 0.15) is 10.5 Å². The minimum absolute atomic E-state index is 0.0552. The van der Waals surface area contributed by atoms with Gasteiger partial charge < -0.3 is 9.67 Å². The lowest BCUT2D eigenvalue weighted by atomic mass is 10.4. The molecule has 0 unspecified atom stereocenters. The van der Waals surface area contributed by atoms with Gasteiger partial charge in [0.1, 0.15) is 11.4 Å². The largest absolute Gasteiger partial charge is 0.477 e. The Balaban J connectivity index is 3.16. The van der Waals surface area contributed by atoms with Gasteiger partial charge >= 0.3 is 5.97 Å². The standard InChI is InChI=1S/C6H6N2O3/c1-8-3-4(7-11)2-5(8)6(9)10/h2-3H,1H3,(H,9,10). The van der Waals surface area contributed by atoms with Gasteiger partial charge in [-0.15, -0.1) is 4.91 Å². The molecule has 0 spiro atoms. The SMILES string of the molecule is Cn1cc(N=O)cc1C(=O)O.